The molecule has 1 aromatic rings. The van der Waals surface area contributed by atoms with Crippen LogP contribution in [0.25, 0.3) is 0 Å². The Bertz CT molecular complexity index is 483. The van der Waals surface area contributed by atoms with E-state index >= 15 is 0 Å². The summed E-state index contributed by atoms with van der Waals surface area (Å²) < 4.78 is 5.62. The zero-order valence-corrected chi connectivity index (χ0v) is 11.1. The molecule has 2 rings (SSSR count). The molecular formula is C13H20N2O3. The molecule has 0 spiro atoms. The van der Waals surface area contributed by atoms with E-state index in [9.17, 15) is 9.90 Å². The van der Waals surface area contributed by atoms with Gasteiger partial charge in [-0.3, -0.25) is 4.79 Å². The Labute approximate surface area is 106 Å². The van der Waals surface area contributed by atoms with Crippen molar-refractivity contribution in [2.45, 2.75) is 45.1 Å². The molecule has 0 saturated heterocycles. The Balaban J connectivity index is 2.36. The lowest BCUT2D eigenvalue weighted by Crippen LogP contribution is -2.39. The number of methoxy groups -OCH3 is 1. The van der Waals surface area contributed by atoms with Gasteiger partial charge < -0.3 is 14.8 Å². The topological polar surface area (TPSA) is 75.2 Å². The first-order valence-electron chi connectivity index (χ1n) is 6.23. The van der Waals surface area contributed by atoms with Crippen LogP contribution in [0, 0.1) is 5.41 Å². The van der Waals surface area contributed by atoms with Gasteiger partial charge in [-0.15, -0.1) is 0 Å². The Morgan fingerprint density at radius 1 is 1.33 bits per heavy atom. The lowest BCUT2D eigenvalue weighted by atomic mass is 9.70. The van der Waals surface area contributed by atoms with Crippen molar-refractivity contribution in [2.24, 2.45) is 5.41 Å². The highest BCUT2D eigenvalue weighted by Crippen LogP contribution is 2.45. The van der Waals surface area contributed by atoms with E-state index in [1.165, 1.54) is 0 Å². The molecule has 0 bridgehead atoms. The van der Waals surface area contributed by atoms with Crippen LogP contribution >= 0.6 is 0 Å². The number of rotatable bonds is 2. The van der Waals surface area contributed by atoms with E-state index in [-0.39, 0.29) is 11.4 Å². The second-order valence-electron chi connectivity index (χ2n) is 5.81. The van der Waals surface area contributed by atoms with Gasteiger partial charge in [0.1, 0.15) is 11.4 Å². The Morgan fingerprint density at radius 3 is 2.44 bits per heavy atom. The lowest BCUT2D eigenvalue weighted by Gasteiger charge is -2.41. The average molecular weight is 252 g/mol. The third-order valence-corrected chi connectivity index (χ3v) is 3.96. The van der Waals surface area contributed by atoms with Crippen molar-refractivity contribution in [3.8, 4) is 5.88 Å². The highest BCUT2D eigenvalue weighted by Gasteiger charge is 2.41. The maximum Gasteiger partial charge on any atom is 0.254 e. The molecule has 18 heavy (non-hydrogen) atoms. The largest absolute Gasteiger partial charge is 0.493 e. The van der Waals surface area contributed by atoms with Gasteiger partial charge in [0.2, 0.25) is 5.88 Å². The van der Waals surface area contributed by atoms with E-state index in [1.54, 1.807) is 7.11 Å². The van der Waals surface area contributed by atoms with Crippen molar-refractivity contribution < 1.29 is 9.84 Å². The number of ether oxygens (including phenoxy) is 1. The predicted molar refractivity (Wildman–Crippen MR) is 67.5 cm³/mol. The molecule has 0 radical (unpaired) electrons. The third kappa shape index (κ3) is 2.41. The van der Waals surface area contributed by atoms with Gasteiger partial charge >= 0.3 is 0 Å². The summed E-state index contributed by atoms with van der Waals surface area (Å²) in [6, 6.07) is 1.07. The predicted octanol–water partition coefficient (Wildman–Crippen LogP) is 1.92. The van der Waals surface area contributed by atoms with Crippen LogP contribution in [0.15, 0.2) is 10.9 Å². The van der Waals surface area contributed by atoms with Crippen LogP contribution in [-0.4, -0.2) is 22.2 Å². The fourth-order valence-corrected chi connectivity index (χ4v) is 2.53. The zero-order chi connectivity index (χ0) is 13.4. The van der Waals surface area contributed by atoms with Crippen molar-refractivity contribution in [2.75, 3.05) is 7.11 Å². The summed E-state index contributed by atoms with van der Waals surface area (Å²) in [5.41, 5.74) is -0.634. The van der Waals surface area contributed by atoms with Crippen molar-refractivity contribution >= 4 is 0 Å². The van der Waals surface area contributed by atoms with Crippen LogP contribution in [-0.2, 0) is 10.3 Å². The van der Waals surface area contributed by atoms with E-state index in [1.807, 2.05) is 0 Å². The molecule has 0 aliphatic heterocycles. The second-order valence-corrected chi connectivity index (χ2v) is 5.81. The number of hydrogen-bond donors (Lipinski definition) is 2. The number of hydrogen-bond acceptors (Lipinski definition) is 4. The molecule has 100 valence electrons. The summed E-state index contributed by atoms with van der Waals surface area (Å²) in [6.07, 6.45) is 3.59. The van der Waals surface area contributed by atoms with Crippen molar-refractivity contribution in [1.82, 2.24) is 9.97 Å². The second kappa shape index (κ2) is 4.39. The van der Waals surface area contributed by atoms with Crippen LogP contribution in [0.1, 0.15) is 45.4 Å². The minimum absolute atomic E-state index is 0.255. The Kier molecular flexibility index (Phi) is 3.19. The number of aromatic hydroxyl groups is 1. The first-order chi connectivity index (χ1) is 8.37. The van der Waals surface area contributed by atoms with Gasteiger partial charge in [-0.25, -0.2) is 0 Å². The number of aromatic amines is 1. The molecule has 1 aliphatic rings. The molecular weight excluding hydrogens is 232 g/mol. The van der Waals surface area contributed by atoms with Gasteiger partial charge in [-0.05, 0) is 31.1 Å². The Hall–Kier alpha value is -1.36. The van der Waals surface area contributed by atoms with Crippen LogP contribution in [0.2, 0.25) is 0 Å². The summed E-state index contributed by atoms with van der Waals surface area (Å²) in [7, 11) is 1.63. The van der Waals surface area contributed by atoms with Crippen molar-refractivity contribution in [3.05, 3.63) is 22.2 Å². The van der Waals surface area contributed by atoms with E-state index in [2.05, 4.69) is 23.8 Å². The normalized spacial score (nSPS) is 21.7. The van der Waals surface area contributed by atoms with E-state index in [4.69, 9.17) is 4.74 Å². The molecule has 0 atom stereocenters. The van der Waals surface area contributed by atoms with Crippen LogP contribution in [0.4, 0.5) is 0 Å². The molecule has 1 heterocycles. The van der Waals surface area contributed by atoms with Gasteiger partial charge in [0, 0.05) is 7.11 Å². The standard InChI is InChI=1S/C13H20N2O3/c1-12(2)4-6-13(18-3,7-5-12)11-14-9(16)8-10(17)15-11/h8H,4-7H2,1-3H3,(H2,14,15,16,17). The number of nitrogens with one attached hydrogen (secondary N) is 1. The van der Waals surface area contributed by atoms with Crippen molar-refractivity contribution in [3.63, 3.8) is 0 Å². The highest BCUT2D eigenvalue weighted by atomic mass is 16.5. The number of aromatic nitrogens is 2. The SMILES string of the molecule is COC1(c2nc(O)cc(=O)[nH]2)CCC(C)(C)CC1. The van der Waals surface area contributed by atoms with Crippen LogP contribution in [0.3, 0.4) is 0 Å². The molecule has 1 aliphatic carbocycles. The number of H-pyrrole nitrogens is 1. The minimum atomic E-state index is -0.576. The van der Waals surface area contributed by atoms with Gasteiger partial charge in [-0.1, -0.05) is 13.8 Å². The fourth-order valence-electron chi connectivity index (χ4n) is 2.53. The van der Waals surface area contributed by atoms with E-state index < -0.39 is 5.60 Å². The average Bonchev–Trinajstić information content (AvgIpc) is 2.28. The van der Waals surface area contributed by atoms with Gasteiger partial charge in [0.25, 0.3) is 5.56 Å². The first kappa shape index (κ1) is 13.1. The molecule has 5 heteroatoms. The molecule has 5 nitrogen and oxygen atoms in total. The van der Waals surface area contributed by atoms with Gasteiger partial charge in [0.05, 0.1) is 6.07 Å². The molecule has 1 fully saturated rings. The van der Waals surface area contributed by atoms with Crippen LogP contribution in [0.5, 0.6) is 5.88 Å². The maximum atomic E-state index is 11.4. The fraction of sp³-hybridized carbons (Fsp3) is 0.692. The summed E-state index contributed by atoms with van der Waals surface area (Å²) in [6.45, 7) is 4.45. The van der Waals surface area contributed by atoms with Gasteiger partial charge in [0.15, 0.2) is 0 Å². The lowest BCUT2D eigenvalue weighted by molar-refractivity contribution is -0.0733. The smallest absolute Gasteiger partial charge is 0.254 e. The first-order valence-corrected chi connectivity index (χ1v) is 6.23. The summed E-state index contributed by atoms with van der Waals surface area (Å²) in [4.78, 5) is 18.1. The molecule has 0 aromatic carbocycles. The molecule has 2 N–H and O–H groups in total. The monoisotopic (exact) mass is 252 g/mol. The van der Waals surface area contributed by atoms with E-state index in [0.717, 1.165) is 31.7 Å². The number of nitrogens with zero attached hydrogens (tertiary/aromatic N) is 1. The molecule has 0 unspecified atom stereocenters. The molecule has 0 amide bonds. The third-order valence-electron chi connectivity index (χ3n) is 3.96. The van der Waals surface area contributed by atoms with Gasteiger partial charge in [-0.2, -0.15) is 4.98 Å². The summed E-state index contributed by atoms with van der Waals surface area (Å²) in [5, 5.41) is 9.45. The summed E-state index contributed by atoms with van der Waals surface area (Å²) >= 11 is 0. The summed E-state index contributed by atoms with van der Waals surface area (Å²) in [5.74, 6) is 0.181. The van der Waals surface area contributed by atoms with Crippen LogP contribution < -0.4 is 5.56 Å². The quantitative estimate of drug-likeness (QED) is 0.843. The highest BCUT2D eigenvalue weighted by molar-refractivity contribution is 5.13. The van der Waals surface area contributed by atoms with Crippen molar-refractivity contribution in [1.29, 1.82) is 0 Å². The van der Waals surface area contributed by atoms with E-state index in [0.29, 0.717) is 11.2 Å². The maximum absolute atomic E-state index is 11.4. The minimum Gasteiger partial charge on any atom is -0.493 e. The molecule has 1 saturated carbocycles. The Morgan fingerprint density at radius 2 is 1.94 bits per heavy atom. The molecule has 1 aromatic heterocycles. The zero-order valence-electron chi connectivity index (χ0n) is 11.1.